The molecule has 0 radical (unpaired) electrons. The number of hydrogen-bond donors (Lipinski definition) is 2. The lowest BCUT2D eigenvalue weighted by Crippen LogP contribution is -2.21. The van der Waals surface area contributed by atoms with Crippen LogP contribution >= 0.6 is 11.6 Å². The van der Waals surface area contributed by atoms with Crippen LogP contribution in [0.1, 0.15) is 13.3 Å². The number of sulfone groups is 1. The Morgan fingerprint density at radius 1 is 1.03 bits per heavy atom. The van der Waals surface area contributed by atoms with Crippen LogP contribution in [0, 0.1) is 0 Å². The maximum absolute atomic E-state index is 12.5. The number of rotatable bonds is 6. The van der Waals surface area contributed by atoms with Crippen LogP contribution in [0.2, 0.25) is 5.02 Å². The predicted octanol–water partition coefficient (Wildman–Crippen LogP) is 5.23. The number of nitrogens with zero attached hydrogens (tertiary/aromatic N) is 1. The molecule has 0 spiro atoms. The SMILES string of the molecule is CCCS(=O)(=O)c1ccc(-c2ccccc2)c(NC(=O)Nc2cc(Cl)ccn2)c1. The van der Waals surface area contributed by atoms with Crippen LogP contribution in [-0.2, 0) is 9.84 Å². The molecular weight excluding hydrogens is 410 g/mol. The van der Waals surface area contributed by atoms with Gasteiger partial charge in [0, 0.05) is 16.8 Å². The molecule has 6 nitrogen and oxygen atoms in total. The summed E-state index contributed by atoms with van der Waals surface area (Å²) in [5.41, 5.74) is 1.94. The van der Waals surface area contributed by atoms with Crippen LogP contribution < -0.4 is 10.6 Å². The van der Waals surface area contributed by atoms with Crippen LogP contribution in [0.4, 0.5) is 16.3 Å². The molecule has 2 N–H and O–H groups in total. The van der Waals surface area contributed by atoms with Crippen molar-refractivity contribution < 1.29 is 13.2 Å². The number of carbonyl (C=O) groups is 1. The first-order chi connectivity index (χ1) is 13.9. The van der Waals surface area contributed by atoms with Crippen molar-refractivity contribution in [2.75, 3.05) is 16.4 Å². The van der Waals surface area contributed by atoms with Gasteiger partial charge in [0.15, 0.2) is 9.84 Å². The Labute approximate surface area is 174 Å². The van der Waals surface area contributed by atoms with E-state index in [0.717, 1.165) is 5.56 Å². The second-order valence-corrected chi connectivity index (χ2v) is 8.88. The van der Waals surface area contributed by atoms with E-state index >= 15 is 0 Å². The standard InChI is InChI=1S/C21H20ClN3O3S/c1-2-12-29(27,28)17-8-9-18(15-6-4-3-5-7-15)19(14-17)24-21(26)25-20-13-16(22)10-11-23-20/h3-11,13-14H,2,12H2,1H3,(H2,23,24,25,26). The average molecular weight is 430 g/mol. The lowest BCUT2D eigenvalue weighted by Gasteiger charge is -2.14. The average Bonchev–Trinajstić information content (AvgIpc) is 2.68. The van der Waals surface area contributed by atoms with Crippen molar-refractivity contribution in [2.45, 2.75) is 18.2 Å². The number of pyridine rings is 1. The number of nitrogens with one attached hydrogen (secondary N) is 2. The molecule has 0 aliphatic heterocycles. The summed E-state index contributed by atoms with van der Waals surface area (Å²) in [6.45, 7) is 1.81. The second-order valence-electron chi connectivity index (χ2n) is 6.33. The Bertz CT molecular complexity index is 1120. The molecule has 0 aliphatic carbocycles. The molecule has 150 valence electrons. The number of halogens is 1. The van der Waals surface area contributed by atoms with Gasteiger partial charge in [-0.2, -0.15) is 0 Å². The molecule has 8 heteroatoms. The highest BCUT2D eigenvalue weighted by atomic mass is 35.5. The van der Waals surface area contributed by atoms with E-state index in [9.17, 15) is 13.2 Å². The van der Waals surface area contributed by atoms with Crippen molar-refractivity contribution >= 4 is 39.0 Å². The molecule has 29 heavy (non-hydrogen) atoms. The van der Waals surface area contributed by atoms with E-state index in [4.69, 9.17) is 11.6 Å². The number of benzene rings is 2. The third kappa shape index (κ3) is 5.34. The summed E-state index contributed by atoms with van der Waals surface area (Å²) >= 11 is 5.92. The summed E-state index contributed by atoms with van der Waals surface area (Å²) in [5, 5.41) is 5.77. The first-order valence-electron chi connectivity index (χ1n) is 9.01. The van der Waals surface area contributed by atoms with Crippen molar-refractivity contribution in [1.29, 1.82) is 0 Å². The zero-order valence-electron chi connectivity index (χ0n) is 15.7. The highest BCUT2D eigenvalue weighted by Crippen LogP contribution is 2.31. The quantitative estimate of drug-likeness (QED) is 0.561. The fourth-order valence-corrected chi connectivity index (χ4v) is 4.32. The molecular formula is C21H20ClN3O3S. The van der Waals surface area contributed by atoms with Crippen LogP contribution in [0.25, 0.3) is 11.1 Å². The third-order valence-corrected chi connectivity index (χ3v) is 6.27. The smallest absolute Gasteiger partial charge is 0.307 e. The Morgan fingerprint density at radius 3 is 2.48 bits per heavy atom. The molecule has 0 unspecified atom stereocenters. The summed E-state index contributed by atoms with van der Waals surface area (Å²) in [7, 11) is -3.43. The number of anilines is 2. The van der Waals surface area contributed by atoms with E-state index in [1.807, 2.05) is 30.3 Å². The summed E-state index contributed by atoms with van der Waals surface area (Å²) in [4.78, 5) is 16.7. The third-order valence-electron chi connectivity index (χ3n) is 4.12. The lowest BCUT2D eigenvalue weighted by atomic mass is 10.0. The normalized spacial score (nSPS) is 11.1. The van der Waals surface area contributed by atoms with Gasteiger partial charge < -0.3 is 5.32 Å². The molecule has 0 fully saturated rings. The van der Waals surface area contributed by atoms with Crippen molar-refractivity contribution in [2.24, 2.45) is 0 Å². The van der Waals surface area contributed by atoms with Gasteiger partial charge in [-0.05, 0) is 36.2 Å². The minimum atomic E-state index is -3.43. The minimum Gasteiger partial charge on any atom is -0.307 e. The van der Waals surface area contributed by atoms with E-state index in [1.54, 1.807) is 25.1 Å². The molecule has 0 atom stereocenters. The summed E-state index contributed by atoms with van der Waals surface area (Å²) < 4.78 is 25.0. The Hall–Kier alpha value is -2.90. The molecule has 0 bridgehead atoms. The van der Waals surface area contributed by atoms with Crippen molar-refractivity contribution in [1.82, 2.24) is 4.98 Å². The highest BCUT2D eigenvalue weighted by molar-refractivity contribution is 7.91. The van der Waals surface area contributed by atoms with Gasteiger partial charge in [-0.15, -0.1) is 0 Å². The molecule has 3 rings (SSSR count). The molecule has 0 saturated carbocycles. The predicted molar refractivity (Wildman–Crippen MR) is 116 cm³/mol. The van der Waals surface area contributed by atoms with Gasteiger partial charge in [0.1, 0.15) is 5.82 Å². The van der Waals surface area contributed by atoms with Crippen LogP contribution in [0.5, 0.6) is 0 Å². The van der Waals surface area contributed by atoms with Crippen molar-refractivity contribution in [3.8, 4) is 11.1 Å². The molecule has 2 amide bonds. The van der Waals surface area contributed by atoms with Gasteiger partial charge in [-0.25, -0.2) is 18.2 Å². The van der Waals surface area contributed by atoms with Gasteiger partial charge in [0.05, 0.1) is 16.3 Å². The van der Waals surface area contributed by atoms with Crippen molar-refractivity contribution in [3.63, 3.8) is 0 Å². The van der Waals surface area contributed by atoms with Gasteiger partial charge in [0.2, 0.25) is 0 Å². The van der Waals surface area contributed by atoms with Gasteiger partial charge in [0.25, 0.3) is 0 Å². The number of aromatic nitrogens is 1. The molecule has 0 saturated heterocycles. The zero-order valence-corrected chi connectivity index (χ0v) is 17.3. The summed E-state index contributed by atoms with van der Waals surface area (Å²) in [6, 6.07) is 16.7. The van der Waals surface area contributed by atoms with Gasteiger partial charge >= 0.3 is 6.03 Å². The summed E-state index contributed by atoms with van der Waals surface area (Å²) in [5.74, 6) is 0.321. The lowest BCUT2D eigenvalue weighted by molar-refractivity contribution is 0.262. The van der Waals surface area contributed by atoms with E-state index in [-0.39, 0.29) is 16.5 Å². The molecule has 1 aromatic heterocycles. The Morgan fingerprint density at radius 2 is 1.79 bits per heavy atom. The van der Waals surface area contributed by atoms with E-state index < -0.39 is 15.9 Å². The highest BCUT2D eigenvalue weighted by Gasteiger charge is 2.17. The van der Waals surface area contributed by atoms with E-state index in [2.05, 4.69) is 15.6 Å². The maximum atomic E-state index is 12.5. The van der Waals surface area contributed by atoms with Crippen LogP contribution in [-0.4, -0.2) is 25.2 Å². The first kappa shape index (κ1) is 20.8. The number of hydrogen-bond acceptors (Lipinski definition) is 4. The van der Waals surface area contributed by atoms with Gasteiger partial charge in [-0.1, -0.05) is 54.9 Å². The van der Waals surface area contributed by atoms with Crippen LogP contribution in [0.15, 0.2) is 71.8 Å². The van der Waals surface area contributed by atoms with Crippen molar-refractivity contribution in [3.05, 3.63) is 71.9 Å². The van der Waals surface area contributed by atoms with Crippen LogP contribution in [0.3, 0.4) is 0 Å². The number of amides is 2. The Balaban J connectivity index is 1.96. The molecule has 0 aliphatic rings. The number of carbonyl (C=O) groups excluding carboxylic acids is 1. The minimum absolute atomic E-state index is 0.0375. The van der Waals surface area contributed by atoms with Gasteiger partial charge in [-0.3, -0.25) is 5.32 Å². The molecule has 2 aromatic carbocycles. The van der Waals surface area contributed by atoms with E-state index in [0.29, 0.717) is 22.7 Å². The largest absolute Gasteiger partial charge is 0.324 e. The Kier molecular flexibility index (Phi) is 6.51. The first-order valence-corrected chi connectivity index (χ1v) is 11.0. The number of urea groups is 1. The summed E-state index contributed by atoms with van der Waals surface area (Å²) in [6.07, 6.45) is 1.98. The molecule has 1 heterocycles. The second kappa shape index (κ2) is 9.07. The fourth-order valence-electron chi connectivity index (χ4n) is 2.82. The topological polar surface area (TPSA) is 88.2 Å². The fraction of sp³-hybridized carbons (Fsp3) is 0.143. The monoisotopic (exact) mass is 429 g/mol. The molecule has 3 aromatic rings. The zero-order chi connectivity index (χ0) is 20.9. The van der Waals surface area contributed by atoms with E-state index in [1.165, 1.54) is 18.3 Å². The maximum Gasteiger partial charge on any atom is 0.324 e.